The van der Waals surface area contributed by atoms with Crippen molar-refractivity contribution in [3.8, 4) is 0 Å². The van der Waals surface area contributed by atoms with Gasteiger partial charge >= 0.3 is 0 Å². The second-order valence-electron chi connectivity index (χ2n) is 10.0. The lowest BCUT2D eigenvalue weighted by Crippen LogP contribution is -2.59. The standard InChI is InChI=1S/C22H32O4/c1-20-8-6-14(24)10-13(20)4-5-15-16-7-9-21(2,18(26)12-23)22(16,3)11-17(25)19(15)20/h10,15-17,19,23,25H,4-9,11-12H2,1-3H3. The highest BCUT2D eigenvalue weighted by Gasteiger charge is 2.66. The normalized spacial score (nSPS) is 50.5. The highest BCUT2D eigenvalue weighted by Crippen LogP contribution is 2.69. The maximum Gasteiger partial charge on any atom is 0.164 e. The van der Waals surface area contributed by atoms with Crippen molar-refractivity contribution >= 4 is 11.6 Å². The van der Waals surface area contributed by atoms with Crippen LogP contribution < -0.4 is 0 Å². The van der Waals surface area contributed by atoms with Crippen molar-refractivity contribution in [1.82, 2.24) is 0 Å². The van der Waals surface area contributed by atoms with Crippen LogP contribution in [0.5, 0.6) is 0 Å². The molecule has 0 aliphatic heterocycles. The number of ketones is 2. The van der Waals surface area contributed by atoms with E-state index in [-0.39, 0.29) is 28.3 Å². The van der Waals surface area contributed by atoms with E-state index in [0.29, 0.717) is 24.7 Å². The van der Waals surface area contributed by atoms with E-state index < -0.39 is 18.1 Å². The highest BCUT2D eigenvalue weighted by molar-refractivity contribution is 5.91. The van der Waals surface area contributed by atoms with Gasteiger partial charge in [-0.3, -0.25) is 9.59 Å². The van der Waals surface area contributed by atoms with E-state index >= 15 is 0 Å². The average molecular weight is 360 g/mol. The summed E-state index contributed by atoms with van der Waals surface area (Å²) in [5.41, 5.74) is 0.357. The molecule has 3 saturated carbocycles. The van der Waals surface area contributed by atoms with E-state index in [1.54, 1.807) is 0 Å². The lowest BCUT2D eigenvalue weighted by atomic mass is 9.44. The Kier molecular flexibility index (Phi) is 4.06. The smallest absolute Gasteiger partial charge is 0.164 e. The number of hydrogen-bond acceptors (Lipinski definition) is 4. The van der Waals surface area contributed by atoms with Crippen LogP contribution in [0.25, 0.3) is 0 Å². The first kappa shape index (κ1) is 18.4. The van der Waals surface area contributed by atoms with Gasteiger partial charge in [0, 0.05) is 11.8 Å². The fraction of sp³-hybridized carbons (Fsp3) is 0.818. The van der Waals surface area contributed by atoms with Crippen LogP contribution in [0, 0.1) is 34.0 Å². The van der Waals surface area contributed by atoms with Gasteiger partial charge in [-0.25, -0.2) is 0 Å². The molecule has 0 saturated heterocycles. The predicted molar refractivity (Wildman–Crippen MR) is 98.3 cm³/mol. The van der Waals surface area contributed by atoms with Gasteiger partial charge < -0.3 is 10.2 Å². The lowest BCUT2D eigenvalue weighted by Gasteiger charge is -2.61. The summed E-state index contributed by atoms with van der Waals surface area (Å²) in [6, 6.07) is 0. The van der Waals surface area contributed by atoms with Gasteiger partial charge in [-0.2, -0.15) is 0 Å². The molecule has 0 bridgehead atoms. The molecule has 0 radical (unpaired) electrons. The van der Waals surface area contributed by atoms with E-state index in [1.807, 2.05) is 13.0 Å². The molecule has 7 atom stereocenters. The third kappa shape index (κ3) is 2.15. The Labute approximate surface area is 156 Å². The minimum atomic E-state index is -0.544. The summed E-state index contributed by atoms with van der Waals surface area (Å²) >= 11 is 0. The summed E-state index contributed by atoms with van der Waals surface area (Å²) in [7, 11) is 0. The Morgan fingerprint density at radius 3 is 2.62 bits per heavy atom. The molecule has 26 heavy (non-hydrogen) atoms. The zero-order chi connectivity index (χ0) is 18.9. The third-order valence-corrected chi connectivity index (χ3v) is 9.26. The van der Waals surface area contributed by atoms with Crippen LogP contribution >= 0.6 is 0 Å². The van der Waals surface area contributed by atoms with E-state index in [4.69, 9.17) is 0 Å². The lowest BCUT2D eigenvalue weighted by molar-refractivity contribution is -0.160. The molecular formula is C22H32O4. The first-order chi connectivity index (χ1) is 12.2. The topological polar surface area (TPSA) is 74.6 Å². The van der Waals surface area contributed by atoms with Gasteiger partial charge in [0.25, 0.3) is 0 Å². The summed E-state index contributed by atoms with van der Waals surface area (Å²) in [6.07, 6.45) is 7.19. The van der Waals surface area contributed by atoms with Crippen molar-refractivity contribution in [1.29, 1.82) is 0 Å². The molecular weight excluding hydrogens is 328 g/mol. The van der Waals surface area contributed by atoms with E-state index in [1.165, 1.54) is 5.57 Å². The fourth-order valence-electron chi connectivity index (χ4n) is 7.56. The van der Waals surface area contributed by atoms with Crippen LogP contribution in [0.2, 0.25) is 0 Å². The van der Waals surface area contributed by atoms with Crippen molar-refractivity contribution < 1.29 is 19.8 Å². The molecule has 0 aromatic rings. The quantitative estimate of drug-likeness (QED) is 0.794. The molecule has 144 valence electrons. The average Bonchev–Trinajstić information content (AvgIpc) is 2.86. The third-order valence-electron chi connectivity index (χ3n) is 9.26. The second-order valence-corrected chi connectivity index (χ2v) is 10.0. The van der Waals surface area contributed by atoms with Gasteiger partial charge in [0.1, 0.15) is 6.61 Å². The van der Waals surface area contributed by atoms with Gasteiger partial charge in [-0.1, -0.05) is 26.3 Å². The van der Waals surface area contributed by atoms with Crippen LogP contribution in [-0.2, 0) is 9.59 Å². The SMILES string of the molecule is CC12CCC(=O)C=C1CCC1C2C(O)CC2(C)C1CCC2(C)C(=O)CO. The van der Waals surface area contributed by atoms with Gasteiger partial charge in [0.2, 0.25) is 0 Å². The summed E-state index contributed by atoms with van der Waals surface area (Å²) < 4.78 is 0. The summed E-state index contributed by atoms with van der Waals surface area (Å²) in [4.78, 5) is 24.5. The number of carbonyl (C=O) groups is 2. The molecule has 0 aromatic carbocycles. The molecule has 3 fully saturated rings. The monoisotopic (exact) mass is 360 g/mol. The number of allylic oxidation sites excluding steroid dienone is 1. The number of aliphatic hydroxyl groups is 2. The van der Waals surface area contributed by atoms with Gasteiger partial charge in [-0.05, 0) is 73.2 Å². The molecule has 0 aromatic heterocycles. The Hall–Kier alpha value is -1.00. The number of carbonyl (C=O) groups excluding carboxylic acids is 2. The minimum Gasteiger partial charge on any atom is -0.393 e. The van der Waals surface area contributed by atoms with Crippen LogP contribution in [-0.4, -0.2) is 34.5 Å². The van der Waals surface area contributed by atoms with Crippen molar-refractivity contribution in [3.05, 3.63) is 11.6 Å². The molecule has 7 unspecified atom stereocenters. The summed E-state index contributed by atoms with van der Waals surface area (Å²) in [5, 5.41) is 20.8. The molecule has 4 heteroatoms. The van der Waals surface area contributed by atoms with E-state index in [2.05, 4.69) is 13.8 Å². The number of fused-ring (bicyclic) bond motifs is 5. The predicted octanol–water partition coefficient (Wildman–Crippen LogP) is 3.06. The molecule has 0 heterocycles. The molecule has 0 spiro atoms. The Morgan fingerprint density at radius 1 is 1.19 bits per heavy atom. The molecule has 4 rings (SSSR count). The number of hydrogen-bond donors (Lipinski definition) is 2. The Morgan fingerprint density at radius 2 is 1.92 bits per heavy atom. The van der Waals surface area contributed by atoms with Crippen LogP contribution in [0.4, 0.5) is 0 Å². The largest absolute Gasteiger partial charge is 0.393 e. The Bertz CT molecular complexity index is 682. The number of Topliss-reactive ketones (excluding diaryl/α,β-unsaturated/α-hetero) is 1. The fourth-order valence-corrected chi connectivity index (χ4v) is 7.56. The van der Waals surface area contributed by atoms with Crippen LogP contribution in [0.3, 0.4) is 0 Å². The molecule has 2 N–H and O–H groups in total. The van der Waals surface area contributed by atoms with Crippen LogP contribution in [0.1, 0.15) is 65.7 Å². The van der Waals surface area contributed by atoms with Crippen molar-refractivity contribution in [2.45, 2.75) is 71.8 Å². The van der Waals surface area contributed by atoms with Gasteiger partial charge in [0.15, 0.2) is 11.6 Å². The van der Waals surface area contributed by atoms with Crippen molar-refractivity contribution in [2.24, 2.45) is 34.0 Å². The zero-order valence-electron chi connectivity index (χ0n) is 16.3. The maximum atomic E-state index is 12.6. The summed E-state index contributed by atoms with van der Waals surface area (Å²) in [6.45, 7) is 6.03. The van der Waals surface area contributed by atoms with Gasteiger partial charge in [0.05, 0.1) is 6.10 Å². The van der Waals surface area contributed by atoms with Crippen LogP contribution in [0.15, 0.2) is 11.6 Å². The van der Waals surface area contributed by atoms with Crippen molar-refractivity contribution in [3.63, 3.8) is 0 Å². The second kappa shape index (κ2) is 5.75. The first-order valence-electron chi connectivity index (χ1n) is 10.2. The Balaban J connectivity index is 1.74. The minimum absolute atomic E-state index is 0.0704. The zero-order valence-corrected chi connectivity index (χ0v) is 16.3. The number of rotatable bonds is 2. The van der Waals surface area contributed by atoms with E-state index in [9.17, 15) is 19.8 Å². The van der Waals surface area contributed by atoms with E-state index in [0.717, 1.165) is 32.1 Å². The molecule has 0 amide bonds. The molecule has 4 aliphatic rings. The molecule has 4 aliphatic carbocycles. The summed E-state index contributed by atoms with van der Waals surface area (Å²) in [5.74, 6) is 1.15. The number of aliphatic hydroxyl groups excluding tert-OH is 2. The maximum absolute atomic E-state index is 12.6. The highest BCUT2D eigenvalue weighted by atomic mass is 16.3. The van der Waals surface area contributed by atoms with Gasteiger partial charge in [-0.15, -0.1) is 0 Å². The first-order valence-corrected chi connectivity index (χ1v) is 10.2. The van der Waals surface area contributed by atoms with Crippen molar-refractivity contribution in [2.75, 3.05) is 6.61 Å². The molecule has 4 nitrogen and oxygen atoms in total.